The molecule has 0 aliphatic carbocycles. The molecule has 0 saturated carbocycles. The molecule has 0 radical (unpaired) electrons. The molecule has 3 rings (SSSR count). The largest absolute Gasteiger partial charge is 0.352 e. The van der Waals surface area contributed by atoms with E-state index in [-0.39, 0.29) is 24.4 Å². The molecular weight excluding hydrogens is 368 g/mol. The van der Waals surface area contributed by atoms with E-state index in [2.05, 4.69) is 20.7 Å². The Balaban J connectivity index is 1.97. The zero-order valence-corrected chi connectivity index (χ0v) is 17.1. The van der Waals surface area contributed by atoms with Gasteiger partial charge in [-0.3, -0.25) is 9.59 Å². The van der Waals surface area contributed by atoms with Crippen LogP contribution in [0, 0.1) is 13.8 Å². The summed E-state index contributed by atoms with van der Waals surface area (Å²) in [6.45, 7) is 7.85. The number of pyridine rings is 1. The average molecular weight is 394 g/mol. The number of nitrogens with two attached hydrogens (primary N) is 1. The number of nitrogens with one attached hydrogen (secondary N) is 2. The molecule has 29 heavy (non-hydrogen) atoms. The molecule has 0 saturated heterocycles. The van der Waals surface area contributed by atoms with Crippen LogP contribution in [-0.2, 0) is 17.9 Å². The monoisotopic (exact) mass is 394 g/mol. The molecule has 8 heteroatoms. The molecule has 2 amide bonds. The van der Waals surface area contributed by atoms with Gasteiger partial charge in [-0.25, -0.2) is 9.67 Å². The van der Waals surface area contributed by atoms with Crippen LogP contribution < -0.4 is 16.4 Å². The van der Waals surface area contributed by atoms with E-state index >= 15 is 0 Å². The average Bonchev–Trinajstić information content (AvgIpc) is 2.95. The molecule has 0 fully saturated rings. The summed E-state index contributed by atoms with van der Waals surface area (Å²) in [6, 6.07) is 9.18. The highest BCUT2D eigenvalue weighted by Gasteiger charge is 2.20. The van der Waals surface area contributed by atoms with Gasteiger partial charge in [-0.2, -0.15) is 5.10 Å². The summed E-state index contributed by atoms with van der Waals surface area (Å²) in [4.78, 5) is 29.7. The highest BCUT2D eigenvalue weighted by Crippen LogP contribution is 2.23. The van der Waals surface area contributed by atoms with Gasteiger partial charge in [0, 0.05) is 24.0 Å². The van der Waals surface area contributed by atoms with Gasteiger partial charge in [-0.15, -0.1) is 0 Å². The van der Waals surface area contributed by atoms with Crippen LogP contribution in [0.15, 0.2) is 30.3 Å². The topological polar surface area (TPSA) is 115 Å². The Bertz CT molecular complexity index is 1070. The van der Waals surface area contributed by atoms with E-state index in [1.807, 2.05) is 52.0 Å². The third-order valence-corrected chi connectivity index (χ3v) is 4.41. The van der Waals surface area contributed by atoms with Crippen LogP contribution in [-0.4, -0.2) is 32.6 Å². The number of hydrogen-bond donors (Lipinski definition) is 3. The fourth-order valence-corrected chi connectivity index (χ4v) is 3.25. The van der Waals surface area contributed by atoms with E-state index in [1.54, 1.807) is 10.7 Å². The minimum absolute atomic E-state index is 0.0331. The van der Waals surface area contributed by atoms with Gasteiger partial charge < -0.3 is 16.4 Å². The number of aromatic nitrogens is 3. The number of hydrogen-bond acceptors (Lipinski definition) is 5. The first-order valence-corrected chi connectivity index (χ1v) is 9.53. The van der Waals surface area contributed by atoms with Crippen molar-refractivity contribution in [2.24, 2.45) is 5.73 Å². The number of anilines is 1. The SMILES string of the molecule is Cc1cc(C(=O)Nc2cccc(CN)c2)c2c(C)nn(CC(=O)NC(C)C)c2n1. The maximum Gasteiger partial charge on any atom is 0.256 e. The molecule has 2 aromatic heterocycles. The van der Waals surface area contributed by atoms with Crippen LogP contribution in [0.2, 0.25) is 0 Å². The summed E-state index contributed by atoms with van der Waals surface area (Å²) < 4.78 is 1.54. The van der Waals surface area contributed by atoms with Gasteiger partial charge in [0.15, 0.2) is 5.65 Å². The van der Waals surface area contributed by atoms with Gasteiger partial charge in [0.25, 0.3) is 5.91 Å². The molecule has 0 spiro atoms. The molecule has 0 atom stereocenters. The van der Waals surface area contributed by atoms with E-state index in [4.69, 9.17) is 5.73 Å². The van der Waals surface area contributed by atoms with Crippen LogP contribution in [0.5, 0.6) is 0 Å². The Morgan fingerprint density at radius 2 is 1.97 bits per heavy atom. The Morgan fingerprint density at radius 3 is 2.66 bits per heavy atom. The number of carbonyl (C=O) groups excluding carboxylic acids is 2. The van der Waals surface area contributed by atoms with Gasteiger partial charge in [-0.1, -0.05) is 12.1 Å². The van der Waals surface area contributed by atoms with Crippen molar-refractivity contribution in [2.45, 2.75) is 46.8 Å². The number of benzene rings is 1. The van der Waals surface area contributed by atoms with Crippen molar-refractivity contribution >= 4 is 28.5 Å². The second-order valence-corrected chi connectivity index (χ2v) is 7.33. The maximum atomic E-state index is 13.0. The third kappa shape index (κ3) is 4.60. The molecule has 0 aliphatic rings. The second-order valence-electron chi connectivity index (χ2n) is 7.33. The smallest absolute Gasteiger partial charge is 0.256 e. The Kier molecular flexibility index (Phi) is 5.93. The van der Waals surface area contributed by atoms with Gasteiger partial charge in [0.2, 0.25) is 5.91 Å². The summed E-state index contributed by atoms with van der Waals surface area (Å²) >= 11 is 0. The number of rotatable bonds is 6. The molecular formula is C21H26N6O2. The van der Waals surface area contributed by atoms with Crippen molar-refractivity contribution in [1.82, 2.24) is 20.1 Å². The fourth-order valence-electron chi connectivity index (χ4n) is 3.25. The predicted octanol–water partition coefficient (Wildman–Crippen LogP) is 2.28. The first kappa shape index (κ1) is 20.5. The molecule has 0 bridgehead atoms. The molecule has 1 aromatic carbocycles. The highest BCUT2D eigenvalue weighted by molar-refractivity contribution is 6.12. The minimum Gasteiger partial charge on any atom is -0.352 e. The molecule has 3 aromatic rings. The predicted molar refractivity (Wildman–Crippen MR) is 113 cm³/mol. The summed E-state index contributed by atoms with van der Waals surface area (Å²) in [7, 11) is 0. The standard InChI is InChI=1S/C21H26N6O2/c1-12(2)23-18(28)11-27-20-19(14(4)26-27)17(8-13(3)24-20)21(29)25-16-7-5-6-15(9-16)10-22/h5-9,12H,10-11,22H2,1-4H3,(H,23,28)(H,25,29). The van der Waals surface area contributed by atoms with Gasteiger partial charge in [0.1, 0.15) is 6.54 Å². The lowest BCUT2D eigenvalue weighted by molar-refractivity contribution is -0.122. The number of carbonyl (C=O) groups is 2. The van der Waals surface area contributed by atoms with Crippen molar-refractivity contribution in [3.8, 4) is 0 Å². The molecule has 8 nitrogen and oxygen atoms in total. The van der Waals surface area contributed by atoms with Crippen molar-refractivity contribution < 1.29 is 9.59 Å². The van der Waals surface area contributed by atoms with E-state index in [9.17, 15) is 9.59 Å². The maximum absolute atomic E-state index is 13.0. The zero-order chi connectivity index (χ0) is 21.1. The van der Waals surface area contributed by atoms with Crippen LogP contribution in [0.1, 0.15) is 41.2 Å². The molecule has 152 valence electrons. The molecule has 4 N–H and O–H groups in total. The summed E-state index contributed by atoms with van der Waals surface area (Å²) in [5.41, 5.74) is 9.58. The third-order valence-electron chi connectivity index (χ3n) is 4.41. The van der Waals surface area contributed by atoms with E-state index < -0.39 is 0 Å². The zero-order valence-electron chi connectivity index (χ0n) is 17.1. The number of nitrogens with zero attached hydrogens (tertiary/aromatic N) is 3. The first-order chi connectivity index (χ1) is 13.8. The quantitative estimate of drug-likeness (QED) is 0.593. The Labute approximate surface area is 169 Å². The minimum atomic E-state index is -0.260. The van der Waals surface area contributed by atoms with E-state index in [1.165, 1.54) is 0 Å². The summed E-state index contributed by atoms with van der Waals surface area (Å²) in [5.74, 6) is -0.415. The van der Waals surface area contributed by atoms with Crippen LogP contribution >= 0.6 is 0 Å². The number of amides is 2. The van der Waals surface area contributed by atoms with Gasteiger partial charge >= 0.3 is 0 Å². The second kappa shape index (κ2) is 8.40. The van der Waals surface area contributed by atoms with E-state index in [0.717, 1.165) is 5.56 Å². The van der Waals surface area contributed by atoms with E-state index in [0.29, 0.717) is 40.2 Å². The lowest BCUT2D eigenvalue weighted by Crippen LogP contribution is -2.33. The van der Waals surface area contributed by atoms with Gasteiger partial charge in [-0.05, 0) is 51.5 Å². The normalized spacial score (nSPS) is 11.1. The number of fused-ring (bicyclic) bond motifs is 1. The van der Waals surface area contributed by atoms with Crippen molar-refractivity contribution in [3.63, 3.8) is 0 Å². The molecule has 0 unspecified atom stereocenters. The van der Waals surface area contributed by atoms with Crippen molar-refractivity contribution in [3.05, 3.63) is 52.8 Å². The number of aryl methyl sites for hydroxylation is 2. The summed E-state index contributed by atoms with van der Waals surface area (Å²) in [5, 5.41) is 10.9. The first-order valence-electron chi connectivity index (χ1n) is 9.53. The van der Waals surface area contributed by atoms with Crippen molar-refractivity contribution in [2.75, 3.05) is 5.32 Å². The Hall–Kier alpha value is -3.26. The highest BCUT2D eigenvalue weighted by atomic mass is 16.2. The fraction of sp³-hybridized carbons (Fsp3) is 0.333. The lowest BCUT2D eigenvalue weighted by atomic mass is 10.1. The Morgan fingerprint density at radius 1 is 1.21 bits per heavy atom. The summed E-state index contributed by atoms with van der Waals surface area (Å²) in [6.07, 6.45) is 0. The van der Waals surface area contributed by atoms with Crippen molar-refractivity contribution in [1.29, 1.82) is 0 Å². The van der Waals surface area contributed by atoms with Crippen LogP contribution in [0.25, 0.3) is 11.0 Å². The molecule has 2 heterocycles. The van der Waals surface area contributed by atoms with Gasteiger partial charge in [0.05, 0.1) is 16.6 Å². The van der Waals surface area contributed by atoms with Crippen LogP contribution in [0.4, 0.5) is 5.69 Å². The van der Waals surface area contributed by atoms with Crippen LogP contribution in [0.3, 0.4) is 0 Å². The molecule has 0 aliphatic heterocycles. The lowest BCUT2D eigenvalue weighted by Gasteiger charge is -2.10.